The van der Waals surface area contributed by atoms with Gasteiger partial charge in [0, 0.05) is 12.6 Å². The first-order valence-electron chi connectivity index (χ1n) is 7.02. The normalized spacial score (nSPS) is 13.6. The van der Waals surface area contributed by atoms with Crippen LogP contribution in [0, 0.1) is 12.7 Å². The second-order valence-electron chi connectivity index (χ2n) is 5.47. The summed E-state index contributed by atoms with van der Waals surface area (Å²) in [6.45, 7) is 3.40. The van der Waals surface area contributed by atoms with Gasteiger partial charge in [-0.2, -0.15) is 0 Å². The smallest absolute Gasteiger partial charge is 0.220 e. The lowest BCUT2D eigenvalue weighted by atomic mass is 10.0. The highest BCUT2D eigenvalue weighted by Crippen LogP contribution is 2.21. The highest BCUT2D eigenvalue weighted by atomic mass is 19.1. The summed E-state index contributed by atoms with van der Waals surface area (Å²) in [5.74, 6) is 0.446. The summed E-state index contributed by atoms with van der Waals surface area (Å²) in [4.78, 5) is 15.5. The molecule has 0 radical (unpaired) electrons. The zero-order valence-electron chi connectivity index (χ0n) is 12.6. The number of hydrogen-bond donors (Lipinski definition) is 2. The summed E-state index contributed by atoms with van der Waals surface area (Å²) in [6.07, 6.45) is 3.22. The van der Waals surface area contributed by atoms with E-state index in [1.165, 1.54) is 12.3 Å². The predicted octanol–water partition coefficient (Wildman–Crippen LogP) is 2.08. The third kappa shape index (κ3) is 4.39. The molecule has 5 nitrogen and oxygen atoms in total. The van der Waals surface area contributed by atoms with Crippen LogP contribution in [0.15, 0.2) is 35.0 Å². The van der Waals surface area contributed by atoms with Crippen molar-refractivity contribution in [3.8, 4) is 0 Å². The predicted molar refractivity (Wildman–Crippen MR) is 78.5 cm³/mol. The quantitative estimate of drug-likeness (QED) is 0.857. The second kappa shape index (κ2) is 6.70. The minimum absolute atomic E-state index is 0.0419. The number of carbonyl (C=O) groups is 1. The van der Waals surface area contributed by atoms with Crippen LogP contribution in [0.25, 0.3) is 0 Å². The van der Waals surface area contributed by atoms with Gasteiger partial charge in [0.2, 0.25) is 5.91 Å². The lowest BCUT2D eigenvalue weighted by Gasteiger charge is -2.21. The molecule has 118 valence electrons. The van der Waals surface area contributed by atoms with Crippen LogP contribution in [0.2, 0.25) is 0 Å². The number of halogens is 1. The Kier molecular flexibility index (Phi) is 4.92. The molecule has 1 amide bonds. The fourth-order valence-corrected chi connectivity index (χ4v) is 2.02. The molecule has 2 heterocycles. The molecule has 2 N–H and O–H groups in total. The van der Waals surface area contributed by atoms with Crippen molar-refractivity contribution in [3.63, 3.8) is 0 Å². The Morgan fingerprint density at radius 1 is 1.45 bits per heavy atom. The number of amides is 1. The number of rotatable bonds is 6. The Morgan fingerprint density at radius 2 is 2.23 bits per heavy atom. The Morgan fingerprint density at radius 3 is 2.86 bits per heavy atom. The molecular weight excluding hydrogens is 287 g/mol. The number of aliphatic hydroxyl groups is 1. The molecule has 2 rings (SSSR count). The largest absolute Gasteiger partial charge is 0.463 e. The molecule has 0 fully saturated rings. The van der Waals surface area contributed by atoms with Crippen molar-refractivity contribution in [2.24, 2.45) is 0 Å². The lowest BCUT2D eigenvalue weighted by molar-refractivity contribution is -0.122. The van der Waals surface area contributed by atoms with Crippen molar-refractivity contribution in [1.29, 1.82) is 0 Å². The highest BCUT2D eigenvalue weighted by Gasteiger charge is 2.27. The van der Waals surface area contributed by atoms with Gasteiger partial charge in [-0.15, -0.1) is 0 Å². The number of furan rings is 1. The number of hydrogen-bond acceptors (Lipinski definition) is 4. The third-order valence-corrected chi connectivity index (χ3v) is 3.30. The molecule has 22 heavy (non-hydrogen) atoms. The van der Waals surface area contributed by atoms with Gasteiger partial charge in [-0.3, -0.25) is 9.78 Å². The standard InChI is InChI=1S/C16H19FN2O3/c1-11-3-5-14(22-11)16(2,21)10-19-15(20)6-4-12-7-13(17)9-18-8-12/h3,5,7-9,21H,4,6,10H2,1-2H3,(H,19,20). The van der Waals surface area contributed by atoms with Gasteiger partial charge >= 0.3 is 0 Å². The third-order valence-electron chi connectivity index (χ3n) is 3.30. The van der Waals surface area contributed by atoms with Crippen LogP contribution in [0.1, 0.15) is 30.4 Å². The van der Waals surface area contributed by atoms with E-state index < -0.39 is 11.4 Å². The minimum atomic E-state index is -1.27. The number of nitrogens with zero attached hydrogens (tertiary/aromatic N) is 1. The zero-order valence-corrected chi connectivity index (χ0v) is 12.6. The second-order valence-corrected chi connectivity index (χ2v) is 5.47. The van der Waals surface area contributed by atoms with E-state index in [2.05, 4.69) is 10.3 Å². The molecule has 0 saturated heterocycles. The fraction of sp³-hybridized carbons (Fsp3) is 0.375. The number of pyridine rings is 1. The molecule has 0 aliphatic rings. The summed E-state index contributed by atoms with van der Waals surface area (Å²) in [7, 11) is 0. The van der Waals surface area contributed by atoms with E-state index in [4.69, 9.17) is 4.42 Å². The van der Waals surface area contributed by atoms with E-state index in [0.717, 1.165) is 6.20 Å². The molecule has 0 aliphatic carbocycles. The molecule has 0 aliphatic heterocycles. The molecule has 2 aromatic rings. The average molecular weight is 306 g/mol. The molecular formula is C16H19FN2O3. The topological polar surface area (TPSA) is 75.4 Å². The Hall–Kier alpha value is -2.21. The first kappa shape index (κ1) is 16.2. The maximum atomic E-state index is 13.0. The molecule has 0 bridgehead atoms. The van der Waals surface area contributed by atoms with E-state index in [1.54, 1.807) is 26.0 Å². The van der Waals surface area contributed by atoms with Gasteiger partial charge in [0.1, 0.15) is 22.9 Å². The van der Waals surface area contributed by atoms with Gasteiger partial charge in [0.15, 0.2) is 0 Å². The Balaban J connectivity index is 1.82. The van der Waals surface area contributed by atoms with Gasteiger partial charge in [-0.05, 0) is 44.0 Å². The SMILES string of the molecule is Cc1ccc(C(C)(O)CNC(=O)CCc2cncc(F)c2)o1. The van der Waals surface area contributed by atoms with E-state index in [9.17, 15) is 14.3 Å². The Bertz CT molecular complexity index is 652. The van der Waals surface area contributed by atoms with Crippen LogP contribution in [0.5, 0.6) is 0 Å². The molecule has 0 spiro atoms. The summed E-state index contributed by atoms with van der Waals surface area (Å²) in [6, 6.07) is 4.78. The first-order chi connectivity index (χ1) is 10.4. The molecule has 6 heteroatoms. The summed E-state index contributed by atoms with van der Waals surface area (Å²) >= 11 is 0. The van der Waals surface area contributed by atoms with Crippen molar-refractivity contribution >= 4 is 5.91 Å². The van der Waals surface area contributed by atoms with Crippen LogP contribution in [0.3, 0.4) is 0 Å². The number of aromatic nitrogens is 1. The van der Waals surface area contributed by atoms with Crippen LogP contribution in [0.4, 0.5) is 4.39 Å². The van der Waals surface area contributed by atoms with E-state index in [-0.39, 0.29) is 18.9 Å². The zero-order chi connectivity index (χ0) is 16.2. The summed E-state index contributed by atoms with van der Waals surface area (Å²) in [5.41, 5.74) is -0.617. The summed E-state index contributed by atoms with van der Waals surface area (Å²) < 4.78 is 18.4. The van der Waals surface area contributed by atoms with E-state index >= 15 is 0 Å². The molecule has 0 aromatic carbocycles. The van der Waals surface area contributed by atoms with Crippen LogP contribution in [-0.4, -0.2) is 22.5 Å². The van der Waals surface area contributed by atoms with Crippen molar-refractivity contribution in [2.75, 3.05) is 6.54 Å². The summed E-state index contributed by atoms with van der Waals surface area (Å²) in [5, 5.41) is 13.0. The van der Waals surface area contributed by atoms with Gasteiger partial charge in [-0.25, -0.2) is 4.39 Å². The molecule has 1 unspecified atom stereocenters. The average Bonchev–Trinajstić information content (AvgIpc) is 2.91. The van der Waals surface area contributed by atoms with Crippen molar-refractivity contribution in [2.45, 2.75) is 32.3 Å². The maximum Gasteiger partial charge on any atom is 0.220 e. The van der Waals surface area contributed by atoms with Gasteiger partial charge in [-0.1, -0.05) is 0 Å². The van der Waals surface area contributed by atoms with Crippen molar-refractivity contribution < 1.29 is 18.7 Å². The first-order valence-corrected chi connectivity index (χ1v) is 7.02. The lowest BCUT2D eigenvalue weighted by Crippen LogP contribution is -2.38. The van der Waals surface area contributed by atoms with Crippen LogP contribution >= 0.6 is 0 Å². The fourth-order valence-electron chi connectivity index (χ4n) is 2.02. The number of carbonyl (C=O) groups excluding carboxylic acids is 1. The van der Waals surface area contributed by atoms with Crippen molar-refractivity contribution in [1.82, 2.24) is 10.3 Å². The number of nitrogens with one attached hydrogen (secondary N) is 1. The monoisotopic (exact) mass is 306 g/mol. The van der Waals surface area contributed by atoms with Gasteiger partial charge in [0.05, 0.1) is 12.7 Å². The minimum Gasteiger partial charge on any atom is -0.463 e. The van der Waals surface area contributed by atoms with E-state index in [1.807, 2.05) is 0 Å². The van der Waals surface area contributed by atoms with Crippen molar-refractivity contribution in [3.05, 3.63) is 53.5 Å². The van der Waals surface area contributed by atoms with Gasteiger partial charge < -0.3 is 14.8 Å². The van der Waals surface area contributed by atoms with E-state index in [0.29, 0.717) is 23.5 Å². The Labute approximate surface area is 128 Å². The molecule has 2 aromatic heterocycles. The highest BCUT2D eigenvalue weighted by molar-refractivity contribution is 5.76. The molecule has 0 saturated carbocycles. The molecule has 1 atom stereocenters. The maximum absolute atomic E-state index is 13.0. The number of aryl methyl sites for hydroxylation is 2. The van der Waals surface area contributed by atoms with Gasteiger partial charge in [0.25, 0.3) is 0 Å². The van der Waals surface area contributed by atoms with Crippen LogP contribution < -0.4 is 5.32 Å². The van der Waals surface area contributed by atoms with Crippen LogP contribution in [-0.2, 0) is 16.8 Å².